The molecule has 4 amide bonds. The number of nitrogens with one attached hydrogen (secondary N) is 2. The second kappa shape index (κ2) is 21.1. The maximum Gasteiger partial charge on any atom is 0.329 e. The highest BCUT2D eigenvalue weighted by Gasteiger charge is 2.44. The van der Waals surface area contributed by atoms with E-state index < -0.39 is 65.3 Å². The molecule has 55 heavy (non-hydrogen) atoms. The van der Waals surface area contributed by atoms with Gasteiger partial charge in [0.2, 0.25) is 23.6 Å². The number of carbonyl (C=O) groups excluding carboxylic acids is 5. The molecule has 13 nitrogen and oxygen atoms in total. The Morgan fingerprint density at radius 1 is 0.945 bits per heavy atom. The average molecular weight is 774 g/mol. The highest BCUT2D eigenvalue weighted by molar-refractivity contribution is 5.92. The summed E-state index contributed by atoms with van der Waals surface area (Å²) in [7, 11) is 4.79. The van der Waals surface area contributed by atoms with Crippen LogP contribution in [0.3, 0.4) is 0 Å². The fourth-order valence-corrected chi connectivity index (χ4v) is 7.49. The third-order valence-electron chi connectivity index (χ3n) is 10.7. The molecule has 1 aromatic carbocycles. The molecular weight excluding hydrogens is 702 g/mol. The van der Waals surface area contributed by atoms with Crippen molar-refractivity contribution in [1.82, 2.24) is 20.4 Å². The zero-order valence-corrected chi connectivity index (χ0v) is 35.8. The summed E-state index contributed by atoms with van der Waals surface area (Å²) in [6.45, 7) is 18.6. The Kier molecular flexibility index (Phi) is 18.3. The molecule has 0 aliphatic carbocycles. The summed E-state index contributed by atoms with van der Waals surface area (Å²) in [6.07, 6.45) is 1.75. The van der Waals surface area contributed by atoms with E-state index in [0.717, 1.165) is 24.8 Å². The van der Waals surface area contributed by atoms with Crippen LogP contribution in [0.5, 0.6) is 0 Å². The van der Waals surface area contributed by atoms with E-state index >= 15 is 0 Å². The molecule has 4 N–H and O–H groups in total. The van der Waals surface area contributed by atoms with Crippen LogP contribution in [-0.4, -0.2) is 115 Å². The maximum absolute atomic E-state index is 14.3. The highest BCUT2D eigenvalue weighted by atomic mass is 16.6. The molecule has 0 radical (unpaired) electrons. The van der Waals surface area contributed by atoms with Gasteiger partial charge in [-0.3, -0.25) is 19.2 Å². The Bertz CT molecular complexity index is 1400. The fraction of sp³-hybridized carbons (Fsp3) is 0.738. The standard InChI is InChI=1S/C42H71N5O8/c1-14-29(15-2)35(46(11)38(50)34(26(3)4)45-40(52)42(9,10)43)32(53-12)25-33(48)47-23-19-22-31(47)36(54-13)27(5)37(49)44-30(39(51)55-41(6,7)8)24-28-20-17-16-18-21-28/h16-18,20-21,26-27,29-32,34-36H,14-15,19,22-25,43H2,1-13H3,(H,44,49)(H,45,52)/t27-,30+,31+,32-,34+,35+,36-/m1/s1. The molecule has 1 aliphatic heterocycles. The van der Waals surface area contributed by atoms with Gasteiger partial charge >= 0.3 is 5.97 Å². The smallest absolute Gasteiger partial charge is 0.329 e. The molecule has 13 heteroatoms. The van der Waals surface area contributed by atoms with E-state index in [9.17, 15) is 24.0 Å². The number of methoxy groups -OCH3 is 2. The number of esters is 1. The topological polar surface area (TPSA) is 170 Å². The lowest BCUT2D eigenvalue weighted by molar-refractivity contribution is -0.159. The lowest BCUT2D eigenvalue weighted by Crippen LogP contribution is -2.60. The first kappa shape index (κ1) is 47.6. The Labute approximate surface area is 330 Å². The lowest BCUT2D eigenvalue weighted by Gasteiger charge is -2.41. The molecule has 1 fully saturated rings. The maximum atomic E-state index is 14.3. The summed E-state index contributed by atoms with van der Waals surface area (Å²) in [6, 6.07) is 6.79. The number of ether oxygens (including phenoxy) is 3. The molecule has 1 heterocycles. The highest BCUT2D eigenvalue weighted by Crippen LogP contribution is 2.30. The predicted molar refractivity (Wildman–Crippen MR) is 214 cm³/mol. The minimum absolute atomic E-state index is 0.000199. The monoisotopic (exact) mass is 774 g/mol. The first-order valence-corrected chi connectivity index (χ1v) is 19.9. The number of amides is 4. The summed E-state index contributed by atoms with van der Waals surface area (Å²) in [4.78, 5) is 71.9. The van der Waals surface area contributed by atoms with Crippen molar-refractivity contribution in [2.45, 2.75) is 155 Å². The lowest BCUT2D eigenvalue weighted by atomic mass is 9.86. The zero-order valence-electron chi connectivity index (χ0n) is 35.8. The first-order chi connectivity index (χ1) is 25.6. The second-order valence-electron chi connectivity index (χ2n) is 17.0. The molecule has 312 valence electrons. The minimum Gasteiger partial charge on any atom is -0.458 e. The van der Waals surface area contributed by atoms with Gasteiger partial charge in [-0.25, -0.2) is 4.79 Å². The molecule has 2 rings (SSSR count). The minimum atomic E-state index is -1.17. The number of likely N-dealkylation sites (tertiary alicyclic amines) is 1. The molecular formula is C42H71N5O8. The number of benzene rings is 1. The van der Waals surface area contributed by atoms with E-state index in [-0.39, 0.29) is 42.4 Å². The number of rotatable bonds is 20. The molecule has 0 aromatic heterocycles. The molecule has 1 saturated heterocycles. The largest absolute Gasteiger partial charge is 0.458 e. The summed E-state index contributed by atoms with van der Waals surface area (Å²) in [5.41, 5.74) is 5.01. The van der Waals surface area contributed by atoms with Crippen molar-refractivity contribution < 1.29 is 38.2 Å². The van der Waals surface area contributed by atoms with Crippen molar-refractivity contribution in [3.8, 4) is 0 Å². The van der Waals surface area contributed by atoms with Crippen LogP contribution in [0.4, 0.5) is 0 Å². The molecule has 7 atom stereocenters. The number of likely N-dealkylation sites (N-methyl/N-ethyl adjacent to an activating group) is 1. The van der Waals surface area contributed by atoms with Gasteiger partial charge in [-0.2, -0.15) is 0 Å². The van der Waals surface area contributed by atoms with Crippen molar-refractivity contribution in [3.05, 3.63) is 35.9 Å². The van der Waals surface area contributed by atoms with Crippen LogP contribution in [0.15, 0.2) is 30.3 Å². The molecule has 0 unspecified atom stereocenters. The van der Waals surface area contributed by atoms with Gasteiger partial charge in [0.15, 0.2) is 0 Å². The quantitative estimate of drug-likeness (QED) is 0.164. The van der Waals surface area contributed by atoms with Crippen LogP contribution < -0.4 is 16.4 Å². The van der Waals surface area contributed by atoms with Gasteiger partial charge in [0, 0.05) is 34.2 Å². The molecule has 0 bridgehead atoms. The van der Waals surface area contributed by atoms with Gasteiger partial charge in [0.1, 0.15) is 17.7 Å². The van der Waals surface area contributed by atoms with Crippen LogP contribution >= 0.6 is 0 Å². The second-order valence-corrected chi connectivity index (χ2v) is 17.0. The summed E-state index contributed by atoms with van der Waals surface area (Å²) in [5, 5.41) is 5.77. The SMILES string of the molecule is CCC(CC)[C@@H]([C@@H](CC(=O)N1CCC[C@H]1[C@H](OC)[C@@H](C)C(=O)N[C@@H](Cc1ccccc1)C(=O)OC(C)(C)C)OC)N(C)C(=O)[C@@H](NC(=O)C(C)(C)N)C(C)C. The van der Waals surface area contributed by atoms with Crippen molar-refractivity contribution in [1.29, 1.82) is 0 Å². The van der Waals surface area contributed by atoms with Crippen LogP contribution in [0, 0.1) is 17.8 Å². The van der Waals surface area contributed by atoms with Gasteiger partial charge in [0.25, 0.3) is 0 Å². The fourth-order valence-electron chi connectivity index (χ4n) is 7.49. The molecule has 0 saturated carbocycles. The number of nitrogens with two attached hydrogens (primary N) is 1. The summed E-state index contributed by atoms with van der Waals surface area (Å²) < 4.78 is 17.7. The summed E-state index contributed by atoms with van der Waals surface area (Å²) >= 11 is 0. The number of carbonyl (C=O) groups is 5. The van der Waals surface area contributed by atoms with Crippen LogP contribution in [0.2, 0.25) is 0 Å². The Morgan fingerprint density at radius 3 is 2.04 bits per heavy atom. The van der Waals surface area contributed by atoms with Gasteiger partial charge in [-0.1, -0.05) is 77.8 Å². The number of nitrogens with zero attached hydrogens (tertiary/aromatic N) is 2. The Hall–Kier alpha value is -3.55. The van der Waals surface area contributed by atoms with E-state index in [1.54, 1.807) is 65.5 Å². The molecule has 0 spiro atoms. The third-order valence-corrected chi connectivity index (χ3v) is 10.7. The van der Waals surface area contributed by atoms with E-state index in [4.69, 9.17) is 19.9 Å². The molecule has 1 aromatic rings. The van der Waals surface area contributed by atoms with Gasteiger partial charge < -0.3 is 40.4 Å². The zero-order chi connectivity index (χ0) is 41.8. The molecule has 1 aliphatic rings. The number of hydrogen-bond acceptors (Lipinski definition) is 9. The van der Waals surface area contributed by atoms with Gasteiger partial charge in [-0.05, 0) is 64.9 Å². The Morgan fingerprint density at radius 2 is 1.55 bits per heavy atom. The van der Waals surface area contributed by atoms with Crippen LogP contribution in [0.1, 0.15) is 107 Å². The van der Waals surface area contributed by atoms with Crippen molar-refractivity contribution in [2.75, 3.05) is 27.8 Å². The Balaban J connectivity index is 2.34. The van der Waals surface area contributed by atoms with Crippen molar-refractivity contribution in [3.63, 3.8) is 0 Å². The van der Waals surface area contributed by atoms with E-state index in [1.807, 2.05) is 58.0 Å². The normalized spacial score (nSPS) is 18.3. The predicted octanol–water partition coefficient (Wildman–Crippen LogP) is 4.24. The van der Waals surface area contributed by atoms with Crippen molar-refractivity contribution in [2.24, 2.45) is 23.5 Å². The summed E-state index contributed by atoms with van der Waals surface area (Å²) in [5.74, 6) is -2.74. The number of hydrogen-bond donors (Lipinski definition) is 3. The van der Waals surface area contributed by atoms with Crippen molar-refractivity contribution >= 4 is 29.6 Å². The van der Waals surface area contributed by atoms with E-state index in [1.165, 1.54) is 7.11 Å². The van der Waals surface area contributed by atoms with Gasteiger partial charge in [0.05, 0.1) is 42.2 Å². The van der Waals surface area contributed by atoms with E-state index in [2.05, 4.69) is 10.6 Å². The first-order valence-electron chi connectivity index (χ1n) is 19.9. The average Bonchev–Trinajstić information content (AvgIpc) is 3.60. The third kappa shape index (κ3) is 13.6. The van der Waals surface area contributed by atoms with E-state index in [0.29, 0.717) is 13.0 Å². The van der Waals surface area contributed by atoms with Gasteiger partial charge in [-0.15, -0.1) is 0 Å². The van der Waals surface area contributed by atoms with Crippen LogP contribution in [0.25, 0.3) is 0 Å². The van der Waals surface area contributed by atoms with Crippen LogP contribution in [-0.2, 0) is 44.6 Å².